The minimum Gasteiger partial charge on any atom is -0.340 e. The first-order valence-electron chi connectivity index (χ1n) is 4.76. The van der Waals surface area contributed by atoms with Crippen LogP contribution in [0.4, 0.5) is 0 Å². The third kappa shape index (κ3) is 1.51. The largest absolute Gasteiger partial charge is 0.340 e. The van der Waals surface area contributed by atoms with E-state index in [-0.39, 0.29) is 0 Å². The van der Waals surface area contributed by atoms with Crippen LogP contribution in [0, 0.1) is 6.92 Å². The van der Waals surface area contributed by atoms with E-state index in [1.165, 1.54) is 30.5 Å². The van der Waals surface area contributed by atoms with Gasteiger partial charge in [0, 0.05) is 18.4 Å². The number of rotatable bonds is 1. The molecule has 1 aliphatic rings. The number of hydrogen-bond acceptors (Lipinski definition) is 0. The first kappa shape index (κ1) is 7.81. The van der Waals surface area contributed by atoms with E-state index >= 15 is 0 Å². The van der Waals surface area contributed by atoms with E-state index in [0.29, 0.717) is 0 Å². The molecule has 0 bridgehead atoms. The van der Waals surface area contributed by atoms with Gasteiger partial charge in [-0.25, -0.2) is 0 Å². The summed E-state index contributed by atoms with van der Waals surface area (Å²) in [6, 6.07) is 9.69. The second-order valence-corrected chi connectivity index (χ2v) is 3.68. The molecule has 1 aliphatic heterocycles. The third-order valence-corrected chi connectivity index (χ3v) is 2.68. The Labute approximate surface area is 73.8 Å². The Bertz CT molecular complexity index is 244. The predicted octanol–water partition coefficient (Wildman–Crippen LogP) is 1.39. The lowest BCUT2D eigenvalue weighted by atomic mass is 10.0. The van der Waals surface area contributed by atoms with Crippen molar-refractivity contribution in [1.82, 2.24) is 0 Å². The SMILES string of the molecule is Cc1ccc([C@H]2CCC[NH2+]2)cc1. The van der Waals surface area contributed by atoms with Gasteiger partial charge in [-0.1, -0.05) is 29.8 Å². The third-order valence-electron chi connectivity index (χ3n) is 2.68. The maximum atomic E-state index is 2.45. The monoisotopic (exact) mass is 162 g/mol. The smallest absolute Gasteiger partial charge is 0.112 e. The molecule has 1 fully saturated rings. The van der Waals surface area contributed by atoms with Crippen molar-refractivity contribution in [2.24, 2.45) is 0 Å². The zero-order chi connectivity index (χ0) is 8.39. The van der Waals surface area contributed by atoms with Crippen LogP contribution in [-0.4, -0.2) is 6.54 Å². The quantitative estimate of drug-likeness (QED) is 0.642. The molecule has 0 aliphatic carbocycles. The zero-order valence-electron chi connectivity index (χ0n) is 7.59. The van der Waals surface area contributed by atoms with Crippen LogP contribution in [0.1, 0.15) is 30.0 Å². The second kappa shape index (κ2) is 3.28. The molecule has 2 rings (SSSR count). The van der Waals surface area contributed by atoms with E-state index in [2.05, 4.69) is 36.5 Å². The number of aryl methyl sites for hydroxylation is 1. The van der Waals surface area contributed by atoms with Crippen molar-refractivity contribution >= 4 is 0 Å². The standard InChI is InChI=1S/C11H15N/c1-9-4-6-10(7-5-9)11-3-2-8-12-11/h4-7,11-12H,2-3,8H2,1H3/p+1/t11-/m1/s1. The summed E-state index contributed by atoms with van der Waals surface area (Å²) < 4.78 is 0. The summed E-state index contributed by atoms with van der Waals surface area (Å²) in [6.07, 6.45) is 2.72. The summed E-state index contributed by atoms with van der Waals surface area (Å²) in [5.41, 5.74) is 2.86. The minimum absolute atomic E-state index is 0.741. The molecule has 1 heteroatoms. The van der Waals surface area contributed by atoms with Gasteiger partial charge in [0.15, 0.2) is 0 Å². The van der Waals surface area contributed by atoms with Crippen molar-refractivity contribution in [2.75, 3.05) is 6.54 Å². The normalized spacial score (nSPS) is 22.9. The van der Waals surface area contributed by atoms with Gasteiger partial charge in [-0.15, -0.1) is 0 Å². The average Bonchev–Trinajstić information content (AvgIpc) is 2.58. The van der Waals surface area contributed by atoms with Crippen LogP contribution >= 0.6 is 0 Å². The highest BCUT2D eigenvalue weighted by Crippen LogP contribution is 2.17. The van der Waals surface area contributed by atoms with Gasteiger partial charge in [-0.3, -0.25) is 0 Å². The van der Waals surface area contributed by atoms with Crippen LogP contribution in [-0.2, 0) is 0 Å². The van der Waals surface area contributed by atoms with Gasteiger partial charge >= 0.3 is 0 Å². The van der Waals surface area contributed by atoms with Gasteiger partial charge in [-0.05, 0) is 6.92 Å². The van der Waals surface area contributed by atoms with Crippen LogP contribution in [0.25, 0.3) is 0 Å². The summed E-state index contributed by atoms with van der Waals surface area (Å²) in [6.45, 7) is 3.45. The van der Waals surface area contributed by atoms with E-state index < -0.39 is 0 Å². The Morgan fingerprint density at radius 2 is 2.00 bits per heavy atom. The molecular formula is C11H16N+. The van der Waals surface area contributed by atoms with E-state index in [1.807, 2.05) is 0 Å². The summed E-state index contributed by atoms with van der Waals surface area (Å²) in [7, 11) is 0. The van der Waals surface area contributed by atoms with Crippen molar-refractivity contribution in [3.05, 3.63) is 35.4 Å². The van der Waals surface area contributed by atoms with Crippen molar-refractivity contribution in [3.63, 3.8) is 0 Å². The molecule has 1 aromatic rings. The van der Waals surface area contributed by atoms with Gasteiger partial charge < -0.3 is 5.32 Å². The summed E-state index contributed by atoms with van der Waals surface area (Å²) >= 11 is 0. The summed E-state index contributed by atoms with van der Waals surface area (Å²) in [5.74, 6) is 0. The molecule has 1 atom stereocenters. The van der Waals surface area contributed by atoms with Gasteiger partial charge in [0.1, 0.15) is 6.04 Å². The maximum absolute atomic E-state index is 2.45. The molecule has 0 amide bonds. The van der Waals surface area contributed by atoms with E-state index in [1.54, 1.807) is 0 Å². The van der Waals surface area contributed by atoms with Crippen molar-refractivity contribution in [1.29, 1.82) is 0 Å². The zero-order valence-corrected chi connectivity index (χ0v) is 7.59. The fourth-order valence-corrected chi connectivity index (χ4v) is 1.89. The van der Waals surface area contributed by atoms with E-state index in [4.69, 9.17) is 0 Å². The van der Waals surface area contributed by atoms with Crippen LogP contribution in [0.2, 0.25) is 0 Å². The van der Waals surface area contributed by atoms with Gasteiger partial charge in [0.2, 0.25) is 0 Å². The van der Waals surface area contributed by atoms with Gasteiger partial charge in [0.25, 0.3) is 0 Å². The Kier molecular flexibility index (Phi) is 2.13. The summed E-state index contributed by atoms with van der Waals surface area (Å²) in [4.78, 5) is 0. The molecule has 0 unspecified atom stereocenters. The number of hydrogen-bond donors (Lipinski definition) is 1. The van der Waals surface area contributed by atoms with E-state index in [9.17, 15) is 0 Å². The van der Waals surface area contributed by atoms with Gasteiger partial charge in [-0.2, -0.15) is 0 Å². The molecule has 1 heterocycles. The first-order chi connectivity index (χ1) is 5.86. The summed E-state index contributed by atoms with van der Waals surface area (Å²) in [5, 5.41) is 2.45. The van der Waals surface area contributed by atoms with Crippen LogP contribution in [0.15, 0.2) is 24.3 Å². The molecule has 2 N–H and O–H groups in total. The molecule has 0 spiro atoms. The topological polar surface area (TPSA) is 16.6 Å². The molecule has 1 nitrogen and oxygen atoms in total. The predicted molar refractivity (Wildman–Crippen MR) is 49.9 cm³/mol. The fourth-order valence-electron chi connectivity index (χ4n) is 1.89. The highest BCUT2D eigenvalue weighted by Gasteiger charge is 2.19. The Morgan fingerprint density at radius 1 is 1.25 bits per heavy atom. The first-order valence-corrected chi connectivity index (χ1v) is 4.76. The highest BCUT2D eigenvalue weighted by molar-refractivity contribution is 5.23. The maximum Gasteiger partial charge on any atom is 0.112 e. The number of nitrogens with two attached hydrogens (primary N) is 1. The van der Waals surface area contributed by atoms with Gasteiger partial charge in [0.05, 0.1) is 6.54 Å². The van der Waals surface area contributed by atoms with Crippen molar-refractivity contribution < 1.29 is 5.32 Å². The Hall–Kier alpha value is -0.820. The molecule has 0 saturated carbocycles. The second-order valence-electron chi connectivity index (χ2n) is 3.68. The van der Waals surface area contributed by atoms with E-state index in [0.717, 1.165) is 6.04 Å². The fraction of sp³-hybridized carbons (Fsp3) is 0.455. The molecule has 0 aromatic heterocycles. The van der Waals surface area contributed by atoms with Crippen LogP contribution < -0.4 is 5.32 Å². The lowest BCUT2D eigenvalue weighted by Gasteiger charge is -2.06. The molecule has 64 valence electrons. The lowest BCUT2D eigenvalue weighted by molar-refractivity contribution is -0.676. The van der Waals surface area contributed by atoms with Crippen LogP contribution in [0.3, 0.4) is 0 Å². The molecule has 0 radical (unpaired) electrons. The molecule has 12 heavy (non-hydrogen) atoms. The Morgan fingerprint density at radius 3 is 2.58 bits per heavy atom. The molecule has 1 saturated heterocycles. The molecular weight excluding hydrogens is 146 g/mol. The highest BCUT2D eigenvalue weighted by atomic mass is 14.9. The number of quaternary nitrogens is 1. The lowest BCUT2D eigenvalue weighted by Crippen LogP contribution is -2.81. The molecule has 1 aromatic carbocycles. The number of benzene rings is 1. The minimum atomic E-state index is 0.741. The van der Waals surface area contributed by atoms with Crippen molar-refractivity contribution in [2.45, 2.75) is 25.8 Å². The van der Waals surface area contributed by atoms with Crippen LogP contribution in [0.5, 0.6) is 0 Å². The average molecular weight is 162 g/mol. The Balaban J connectivity index is 2.17. The van der Waals surface area contributed by atoms with Crippen molar-refractivity contribution in [3.8, 4) is 0 Å².